The SMILES string of the molecule is COCCC(N)C(=O)NC(C)CN1CCOCC1. The lowest BCUT2D eigenvalue weighted by molar-refractivity contribution is -0.123. The number of carbonyl (C=O) groups excluding carboxylic acids is 1. The van der Waals surface area contributed by atoms with Crippen LogP contribution in [0.4, 0.5) is 0 Å². The summed E-state index contributed by atoms with van der Waals surface area (Å²) in [6.07, 6.45) is 0.548. The van der Waals surface area contributed by atoms with Gasteiger partial charge in [-0.25, -0.2) is 0 Å². The van der Waals surface area contributed by atoms with E-state index in [4.69, 9.17) is 15.2 Å². The molecule has 1 saturated heterocycles. The molecule has 1 amide bonds. The smallest absolute Gasteiger partial charge is 0.237 e. The highest BCUT2D eigenvalue weighted by Crippen LogP contribution is 1.99. The van der Waals surface area contributed by atoms with E-state index in [9.17, 15) is 4.79 Å². The molecule has 0 aliphatic carbocycles. The van der Waals surface area contributed by atoms with Crippen molar-refractivity contribution >= 4 is 5.91 Å². The van der Waals surface area contributed by atoms with Crippen LogP contribution >= 0.6 is 0 Å². The van der Waals surface area contributed by atoms with E-state index < -0.39 is 6.04 Å². The summed E-state index contributed by atoms with van der Waals surface area (Å²) in [6.45, 7) is 6.74. The molecule has 6 heteroatoms. The van der Waals surface area contributed by atoms with Gasteiger partial charge in [-0.2, -0.15) is 0 Å². The molecule has 1 rings (SSSR count). The molecule has 0 aromatic carbocycles. The van der Waals surface area contributed by atoms with Gasteiger partial charge >= 0.3 is 0 Å². The Morgan fingerprint density at radius 2 is 2.17 bits per heavy atom. The molecule has 0 saturated carbocycles. The minimum atomic E-state index is -0.489. The lowest BCUT2D eigenvalue weighted by atomic mass is 10.2. The van der Waals surface area contributed by atoms with Gasteiger partial charge < -0.3 is 20.5 Å². The zero-order valence-electron chi connectivity index (χ0n) is 11.4. The van der Waals surface area contributed by atoms with Gasteiger partial charge in [0.05, 0.1) is 19.3 Å². The van der Waals surface area contributed by atoms with Crippen molar-refractivity contribution < 1.29 is 14.3 Å². The van der Waals surface area contributed by atoms with E-state index in [1.54, 1.807) is 7.11 Å². The molecule has 6 nitrogen and oxygen atoms in total. The minimum absolute atomic E-state index is 0.101. The number of nitrogens with zero attached hydrogens (tertiary/aromatic N) is 1. The Bertz CT molecular complexity index is 245. The van der Waals surface area contributed by atoms with E-state index in [0.29, 0.717) is 13.0 Å². The number of rotatable bonds is 7. The van der Waals surface area contributed by atoms with Crippen LogP contribution in [0, 0.1) is 0 Å². The Balaban J connectivity index is 2.21. The molecule has 0 aromatic heterocycles. The molecular formula is C12H25N3O3. The maximum Gasteiger partial charge on any atom is 0.237 e. The Hall–Kier alpha value is -0.690. The van der Waals surface area contributed by atoms with Crippen LogP contribution in [0.1, 0.15) is 13.3 Å². The quantitative estimate of drug-likeness (QED) is 0.625. The van der Waals surface area contributed by atoms with Crippen molar-refractivity contribution in [2.24, 2.45) is 5.73 Å². The van der Waals surface area contributed by atoms with Gasteiger partial charge in [-0.05, 0) is 13.3 Å². The van der Waals surface area contributed by atoms with Gasteiger partial charge in [0.1, 0.15) is 0 Å². The van der Waals surface area contributed by atoms with Gasteiger partial charge in [-0.15, -0.1) is 0 Å². The molecule has 106 valence electrons. The van der Waals surface area contributed by atoms with Crippen LogP contribution in [-0.4, -0.2) is 69.5 Å². The first-order chi connectivity index (χ1) is 8.63. The first-order valence-corrected chi connectivity index (χ1v) is 6.48. The number of hydrogen-bond acceptors (Lipinski definition) is 5. The van der Waals surface area contributed by atoms with Crippen LogP contribution in [0.5, 0.6) is 0 Å². The van der Waals surface area contributed by atoms with Crippen LogP contribution in [-0.2, 0) is 14.3 Å². The molecule has 1 aliphatic rings. The molecule has 1 aliphatic heterocycles. The van der Waals surface area contributed by atoms with Gasteiger partial charge in [-0.1, -0.05) is 0 Å². The second-order valence-corrected chi connectivity index (χ2v) is 4.71. The third-order valence-electron chi connectivity index (χ3n) is 2.99. The summed E-state index contributed by atoms with van der Waals surface area (Å²) >= 11 is 0. The molecule has 0 spiro atoms. The third kappa shape index (κ3) is 5.77. The summed E-state index contributed by atoms with van der Waals surface area (Å²) in [6, 6.07) is -0.388. The molecule has 0 aromatic rings. The largest absolute Gasteiger partial charge is 0.385 e. The van der Waals surface area contributed by atoms with E-state index >= 15 is 0 Å². The minimum Gasteiger partial charge on any atom is -0.385 e. The maximum absolute atomic E-state index is 11.8. The van der Waals surface area contributed by atoms with Crippen molar-refractivity contribution in [2.45, 2.75) is 25.4 Å². The molecule has 1 fully saturated rings. The number of carbonyl (C=O) groups is 1. The van der Waals surface area contributed by atoms with E-state index in [-0.39, 0.29) is 11.9 Å². The highest BCUT2D eigenvalue weighted by molar-refractivity contribution is 5.81. The van der Waals surface area contributed by atoms with Crippen LogP contribution in [0.15, 0.2) is 0 Å². The molecule has 2 unspecified atom stereocenters. The fourth-order valence-electron chi connectivity index (χ4n) is 1.94. The van der Waals surface area contributed by atoms with E-state index in [0.717, 1.165) is 32.8 Å². The summed E-state index contributed by atoms with van der Waals surface area (Å²) in [4.78, 5) is 14.1. The number of methoxy groups -OCH3 is 1. The summed E-state index contributed by atoms with van der Waals surface area (Å²) < 4.78 is 10.2. The van der Waals surface area contributed by atoms with Crippen LogP contribution < -0.4 is 11.1 Å². The molecule has 2 atom stereocenters. The second kappa shape index (κ2) is 8.42. The molecular weight excluding hydrogens is 234 g/mol. The predicted octanol–water partition coefficient (Wildman–Crippen LogP) is -0.813. The van der Waals surface area contributed by atoms with Crippen LogP contribution in [0.3, 0.4) is 0 Å². The average molecular weight is 259 g/mol. The zero-order chi connectivity index (χ0) is 13.4. The number of amides is 1. The van der Waals surface area contributed by atoms with Crippen molar-refractivity contribution in [3.05, 3.63) is 0 Å². The van der Waals surface area contributed by atoms with Gasteiger partial charge in [-0.3, -0.25) is 9.69 Å². The molecule has 1 heterocycles. The lowest BCUT2D eigenvalue weighted by Gasteiger charge is -2.29. The fourth-order valence-corrected chi connectivity index (χ4v) is 1.94. The fraction of sp³-hybridized carbons (Fsp3) is 0.917. The number of nitrogens with two attached hydrogens (primary N) is 1. The highest BCUT2D eigenvalue weighted by atomic mass is 16.5. The summed E-state index contributed by atoms with van der Waals surface area (Å²) in [5.74, 6) is -0.104. The van der Waals surface area contributed by atoms with Gasteiger partial charge in [0.2, 0.25) is 5.91 Å². The molecule has 0 bridgehead atoms. The van der Waals surface area contributed by atoms with Gasteiger partial charge in [0, 0.05) is 39.4 Å². The van der Waals surface area contributed by atoms with Crippen LogP contribution in [0.2, 0.25) is 0 Å². The summed E-state index contributed by atoms with van der Waals surface area (Å²) in [5.41, 5.74) is 5.76. The standard InChI is InChI=1S/C12H25N3O3/c1-10(9-15-4-7-18-8-5-15)14-12(16)11(13)3-6-17-2/h10-11H,3-9,13H2,1-2H3,(H,14,16). The monoisotopic (exact) mass is 259 g/mol. The Labute approximate surface area is 109 Å². The van der Waals surface area contributed by atoms with Gasteiger partial charge in [0.25, 0.3) is 0 Å². The second-order valence-electron chi connectivity index (χ2n) is 4.71. The molecule has 18 heavy (non-hydrogen) atoms. The lowest BCUT2D eigenvalue weighted by Crippen LogP contribution is -2.50. The van der Waals surface area contributed by atoms with Crippen molar-refractivity contribution in [2.75, 3.05) is 46.6 Å². The molecule has 3 N–H and O–H groups in total. The van der Waals surface area contributed by atoms with Crippen molar-refractivity contribution in [1.82, 2.24) is 10.2 Å². The topological polar surface area (TPSA) is 76.8 Å². The van der Waals surface area contributed by atoms with E-state index in [1.807, 2.05) is 6.92 Å². The Morgan fingerprint density at radius 1 is 1.50 bits per heavy atom. The van der Waals surface area contributed by atoms with E-state index in [2.05, 4.69) is 10.2 Å². The normalized spacial score (nSPS) is 20.4. The number of nitrogens with one attached hydrogen (secondary N) is 1. The first kappa shape index (κ1) is 15.4. The Morgan fingerprint density at radius 3 is 2.78 bits per heavy atom. The number of hydrogen-bond donors (Lipinski definition) is 2. The van der Waals surface area contributed by atoms with Crippen molar-refractivity contribution in [3.8, 4) is 0 Å². The van der Waals surface area contributed by atoms with Gasteiger partial charge in [0.15, 0.2) is 0 Å². The average Bonchev–Trinajstić information content (AvgIpc) is 2.36. The summed E-state index contributed by atoms with van der Waals surface area (Å²) in [5, 5.41) is 2.93. The van der Waals surface area contributed by atoms with Crippen molar-refractivity contribution in [1.29, 1.82) is 0 Å². The number of morpholine rings is 1. The first-order valence-electron chi connectivity index (χ1n) is 6.48. The van der Waals surface area contributed by atoms with E-state index in [1.165, 1.54) is 0 Å². The maximum atomic E-state index is 11.8. The summed E-state index contributed by atoms with van der Waals surface area (Å²) in [7, 11) is 1.60. The number of ether oxygens (including phenoxy) is 2. The van der Waals surface area contributed by atoms with Crippen LogP contribution in [0.25, 0.3) is 0 Å². The van der Waals surface area contributed by atoms with Crippen molar-refractivity contribution in [3.63, 3.8) is 0 Å². The highest BCUT2D eigenvalue weighted by Gasteiger charge is 2.18. The predicted molar refractivity (Wildman–Crippen MR) is 69.3 cm³/mol. The molecule has 0 radical (unpaired) electrons. The zero-order valence-corrected chi connectivity index (χ0v) is 11.4. The Kier molecular flexibility index (Phi) is 7.19. The third-order valence-corrected chi connectivity index (χ3v) is 2.99.